The van der Waals surface area contributed by atoms with Gasteiger partial charge in [-0.05, 0) is 36.6 Å². The molecular weight excluding hydrogens is 390 g/mol. The van der Waals surface area contributed by atoms with Crippen LogP contribution >= 0.6 is 0 Å². The van der Waals surface area contributed by atoms with Gasteiger partial charge in [-0.25, -0.2) is 8.42 Å². The zero-order chi connectivity index (χ0) is 21.1. The van der Waals surface area contributed by atoms with E-state index in [2.05, 4.69) is 9.71 Å². The number of hydrogen-bond donors (Lipinski definition) is 2. The molecule has 0 spiro atoms. The van der Waals surface area contributed by atoms with Crippen molar-refractivity contribution in [3.8, 4) is 5.75 Å². The van der Waals surface area contributed by atoms with E-state index >= 15 is 0 Å². The molecule has 1 aliphatic rings. The lowest BCUT2D eigenvalue weighted by Gasteiger charge is -2.33. The summed E-state index contributed by atoms with van der Waals surface area (Å²) in [6.07, 6.45) is 1.32. The molecule has 1 heterocycles. The van der Waals surface area contributed by atoms with E-state index < -0.39 is 15.6 Å². The van der Waals surface area contributed by atoms with Gasteiger partial charge in [0.05, 0.1) is 16.9 Å². The van der Waals surface area contributed by atoms with Crippen molar-refractivity contribution >= 4 is 21.8 Å². The third-order valence-electron chi connectivity index (χ3n) is 5.22. The highest BCUT2D eigenvalue weighted by Gasteiger charge is 2.31. The van der Waals surface area contributed by atoms with Gasteiger partial charge in [0.25, 0.3) is 15.9 Å². The van der Waals surface area contributed by atoms with Crippen LogP contribution in [0.2, 0.25) is 0 Å². The summed E-state index contributed by atoms with van der Waals surface area (Å²) in [6, 6.07) is 14.2. The first-order chi connectivity index (χ1) is 13.8. The molecule has 0 radical (unpaired) electrons. The van der Waals surface area contributed by atoms with E-state index in [0.29, 0.717) is 35.3 Å². The molecule has 8 heteroatoms. The number of ether oxygens (including phenoxy) is 1. The quantitative estimate of drug-likeness (QED) is 0.722. The molecule has 0 aromatic heterocycles. The molecule has 0 bridgehead atoms. The molecule has 1 amide bonds. The zero-order valence-electron chi connectivity index (χ0n) is 16.5. The lowest BCUT2D eigenvalue weighted by Crippen LogP contribution is -2.52. The fourth-order valence-corrected chi connectivity index (χ4v) is 4.41. The van der Waals surface area contributed by atoms with E-state index in [1.807, 2.05) is 32.0 Å². The van der Waals surface area contributed by atoms with Crippen molar-refractivity contribution in [2.45, 2.75) is 38.0 Å². The van der Waals surface area contributed by atoms with Gasteiger partial charge in [-0.3, -0.25) is 4.79 Å². The Balaban J connectivity index is 1.82. The summed E-state index contributed by atoms with van der Waals surface area (Å²) in [5.41, 5.74) is 6.96. The highest BCUT2D eigenvalue weighted by molar-refractivity contribution is 7.89. The smallest absolute Gasteiger partial charge is 0.259 e. The van der Waals surface area contributed by atoms with Gasteiger partial charge in [-0.15, -0.1) is 4.40 Å². The Kier molecular flexibility index (Phi) is 5.93. The predicted octanol–water partition coefficient (Wildman–Crippen LogP) is 2.60. The summed E-state index contributed by atoms with van der Waals surface area (Å²) < 4.78 is 33.4. The molecule has 0 fully saturated rings. The van der Waals surface area contributed by atoms with Crippen LogP contribution < -0.4 is 15.8 Å². The zero-order valence-corrected chi connectivity index (χ0v) is 17.3. The number of nitrogens with zero attached hydrogens (tertiary/aromatic N) is 1. The SMILES string of the molecule is CCC(CC)(COc1cccc2c1C(N)=NS(=O)(=O)C2)NC(=O)c1ccccc1. The van der Waals surface area contributed by atoms with Gasteiger partial charge in [0.1, 0.15) is 18.2 Å². The van der Waals surface area contributed by atoms with Crippen molar-refractivity contribution in [1.29, 1.82) is 0 Å². The van der Waals surface area contributed by atoms with E-state index in [4.69, 9.17) is 10.5 Å². The number of nitrogens with two attached hydrogens (primary N) is 1. The van der Waals surface area contributed by atoms with Crippen LogP contribution in [0.3, 0.4) is 0 Å². The molecule has 29 heavy (non-hydrogen) atoms. The summed E-state index contributed by atoms with van der Waals surface area (Å²) in [5.74, 6) is 0.00493. The van der Waals surface area contributed by atoms with Gasteiger partial charge in [-0.1, -0.05) is 44.2 Å². The number of benzene rings is 2. The molecule has 3 rings (SSSR count). The highest BCUT2D eigenvalue weighted by atomic mass is 32.2. The molecule has 3 N–H and O–H groups in total. The largest absolute Gasteiger partial charge is 0.490 e. The predicted molar refractivity (Wildman–Crippen MR) is 113 cm³/mol. The first-order valence-electron chi connectivity index (χ1n) is 9.50. The fraction of sp³-hybridized carbons (Fsp3) is 0.333. The van der Waals surface area contributed by atoms with Crippen LogP contribution in [0.5, 0.6) is 5.75 Å². The Morgan fingerprint density at radius 2 is 1.83 bits per heavy atom. The van der Waals surface area contributed by atoms with E-state index in [1.165, 1.54) is 0 Å². The van der Waals surface area contributed by atoms with Crippen LogP contribution in [0.4, 0.5) is 0 Å². The van der Waals surface area contributed by atoms with Crippen molar-refractivity contribution in [1.82, 2.24) is 5.32 Å². The molecule has 0 atom stereocenters. The van der Waals surface area contributed by atoms with Gasteiger partial charge >= 0.3 is 0 Å². The topological polar surface area (TPSA) is 111 Å². The van der Waals surface area contributed by atoms with Crippen LogP contribution in [0.1, 0.15) is 48.2 Å². The van der Waals surface area contributed by atoms with Crippen molar-refractivity contribution in [2.24, 2.45) is 10.1 Å². The number of nitrogens with one attached hydrogen (secondary N) is 1. The lowest BCUT2D eigenvalue weighted by atomic mass is 9.93. The average molecular weight is 416 g/mol. The summed E-state index contributed by atoms with van der Waals surface area (Å²) in [7, 11) is -3.61. The van der Waals surface area contributed by atoms with Crippen LogP contribution in [0.15, 0.2) is 52.9 Å². The number of amidine groups is 1. The van der Waals surface area contributed by atoms with Gasteiger partial charge in [0.2, 0.25) is 0 Å². The average Bonchev–Trinajstić information content (AvgIpc) is 2.70. The summed E-state index contributed by atoms with van der Waals surface area (Å²) in [6.45, 7) is 4.19. The molecule has 7 nitrogen and oxygen atoms in total. The highest BCUT2D eigenvalue weighted by Crippen LogP contribution is 2.29. The Bertz CT molecular complexity index is 1030. The first kappa shape index (κ1) is 20.9. The minimum absolute atomic E-state index is 0.0752. The molecular formula is C21H25N3O4S. The first-order valence-corrected chi connectivity index (χ1v) is 11.1. The number of amides is 1. The standard InChI is InChI=1S/C21H25N3O4S/c1-3-21(4-2,23-20(25)15-9-6-5-7-10-15)14-28-17-12-8-11-16-13-29(26,27)24-19(22)18(16)17/h5-12H,3-4,13-14H2,1-2H3,(H2,22,24)(H,23,25). The van der Waals surface area contributed by atoms with Crippen LogP contribution in [0.25, 0.3) is 0 Å². The third-order valence-corrected chi connectivity index (χ3v) is 6.37. The van der Waals surface area contributed by atoms with E-state index in [0.717, 1.165) is 0 Å². The minimum Gasteiger partial charge on any atom is -0.490 e. The van der Waals surface area contributed by atoms with Crippen molar-refractivity contribution < 1.29 is 17.9 Å². The number of hydrogen-bond acceptors (Lipinski definition) is 5. The molecule has 0 saturated heterocycles. The lowest BCUT2D eigenvalue weighted by molar-refractivity contribution is 0.0837. The maximum Gasteiger partial charge on any atom is 0.259 e. The number of fused-ring (bicyclic) bond motifs is 1. The normalized spacial score (nSPS) is 15.2. The second-order valence-electron chi connectivity index (χ2n) is 7.09. The molecule has 2 aromatic carbocycles. The molecule has 2 aromatic rings. The summed E-state index contributed by atoms with van der Waals surface area (Å²) in [5, 5.41) is 3.10. The monoisotopic (exact) mass is 415 g/mol. The third kappa shape index (κ3) is 4.59. The number of rotatable bonds is 7. The second-order valence-corrected chi connectivity index (χ2v) is 8.72. The van der Waals surface area contributed by atoms with Gasteiger partial charge in [0, 0.05) is 5.56 Å². The van der Waals surface area contributed by atoms with Crippen LogP contribution in [-0.2, 0) is 15.8 Å². The minimum atomic E-state index is -3.61. The van der Waals surface area contributed by atoms with E-state index in [1.54, 1.807) is 30.3 Å². The van der Waals surface area contributed by atoms with Crippen LogP contribution in [-0.4, -0.2) is 32.3 Å². The maximum absolute atomic E-state index is 12.7. The second kappa shape index (κ2) is 8.24. The van der Waals surface area contributed by atoms with Crippen molar-refractivity contribution in [2.75, 3.05) is 6.61 Å². The van der Waals surface area contributed by atoms with Gasteiger partial charge in [-0.2, -0.15) is 0 Å². The fourth-order valence-electron chi connectivity index (χ4n) is 3.32. The molecule has 0 saturated carbocycles. The Morgan fingerprint density at radius 1 is 1.14 bits per heavy atom. The Hall–Kier alpha value is -2.87. The maximum atomic E-state index is 12.7. The Labute approximate surface area is 171 Å². The molecule has 0 aliphatic carbocycles. The number of sulfonamides is 1. The summed E-state index contributed by atoms with van der Waals surface area (Å²) in [4.78, 5) is 12.7. The Morgan fingerprint density at radius 3 is 2.48 bits per heavy atom. The van der Waals surface area contributed by atoms with Gasteiger partial charge < -0.3 is 15.8 Å². The molecule has 154 valence electrons. The van der Waals surface area contributed by atoms with E-state index in [-0.39, 0.29) is 24.1 Å². The molecule has 0 unspecified atom stereocenters. The van der Waals surface area contributed by atoms with Crippen molar-refractivity contribution in [3.63, 3.8) is 0 Å². The summed E-state index contributed by atoms with van der Waals surface area (Å²) >= 11 is 0. The van der Waals surface area contributed by atoms with Crippen molar-refractivity contribution in [3.05, 3.63) is 65.2 Å². The van der Waals surface area contributed by atoms with Crippen LogP contribution in [0, 0.1) is 0 Å². The number of carbonyl (C=O) groups excluding carboxylic acids is 1. The molecule has 1 aliphatic heterocycles. The van der Waals surface area contributed by atoms with Gasteiger partial charge in [0.15, 0.2) is 0 Å². The van der Waals surface area contributed by atoms with E-state index in [9.17, 15) is 13.2 Å². The number of carbonyl (C=O) groups is 1.